The summed E-state index contributed by atoms with van der Waals surface area (Å²) >= 11 is 0. The summed E-state index contributed by atoms with van der Waals surface area (Å²) in [5.74, 6) is 0.647. The molecule has 1 saturated heterocycles. The van der Waals surface area contributed by atoms with Crippen LogP contribution in [0.25, 0.3) is 0 Å². The predicted molar refractivity (Wildman–Crippen MR) is 123 cm³/mol. The van der Waals surface area contributed by atoms with Gasteiger partial charge in [-0.1, -0.05) is 18.6 Å². The fourth-order valence-electron chi connectivity index (χ4n) is 4.00. The van der Waals surface area contributed by atoms with Crippen molar-refractivity contribution in [2.75, 3.05) is 31.6 Å². The molecule has 0 amide bonds. The maximum absolute atomic E-state index is 13.0. The first-order chi connectivity index (χ1) is 16.2. The Kier molecular flexibility index (Phi) is 7.32. The topological polar surface area (TPSA) is 83.0 Å². The van der Waals surface area contributed by atoms with Crippen LogP contribution in [0.15, 0.2) is 51.8 Å². The molecule has 2 aliphatic heterocycles. The van der Waals surface area contributed by atoms with Crippen molar-refractivity contribution in [3.05, 3.63) is 53.6 Å². The fourth-order valence-corrected chi connectivity index (χ4v) is 5.08. The number of piperidine rings is 1. The van der Waals surface area contributed by atoms with Gasteiger partial charge in [0.1, 0.15) is 10.6 Å². The number of hydrogen-bond acceptors (Lipinski definition) is 6. The van der Waals surface area contributed by atoms with Crippen LogP contribution in [0.5, 0.6) is 5.75 Å². The second-order valence-corrected chi connectivity index (χ2v) is 9.93. The Labute approximate surface area is 197 Å². The maximum atomic E-state index is 13.0. The number of likely N-dealkylation sites (tertiary alicyclic amines) is 1. The van der Waals surface area contributed by atoms with Crippen LogP contribution in [-0.2, 0) is 22.7 Å². The van der Waals surface area contributed by atoms with Crippen LogP contribution in [0.4, 0.5) is 18.9 Å². The summed E-state index contributed by atoms with van der Waals surface area (Å²) in [4.78, 5) is 2.15. The summed E-state index contributed by atoms with van der Waals surface area (Å²) in [5, 5.41) is 5.45. The molecule has 0 radical (unpaired) electrons. The van der Waals surface area contributed by atoms with Crippen LogP contribution in [0, 0.1) is 0 Å². The zero-order chi connectivity index (χ0) is 24.2. The van der Waals surface area contributed by atoms with Crippen molar-refractivity contribution in [2.45, 2.75) is 43.3 Å². The summed E-state index contributed by atoms with van der Waals surface area (Å²) in [7, 11) is -4.10. The van der Waals surface area contributed by atoms with Gasteiger partial charge in [-0.15, -0.1) is 4.40 Å². The van der Waals surface area contributed by atoms with Crippen molar-refractivity contribution in [3.63, 3.8) is 0 Å². The molecule has 0 unspecified atom stereocenters. The molecule has 1 fully saturated rings. The van der Waals surface area contributed by atoms with Gasteiger partial charge < -0.3 is 15.4 Å². The highest BCUT2D eigenvalue weighted by Gasteiger charge is 2.33. The first-order valence-electron chi connectivity index (χ1n) is 11.2. The van der Waals surface area contributed by atoms with Crippen LogP contribution >= 0.6 is 0 Å². The zero-order valence-corrected chi connectivity index (χ0v) is 19.4. The van der Waals surface area contributed by atoms with Gasteiger partial charge in [-0.2, -0.15) is 21.6 Å². The van der Waals surface area contributed by atoms with Crippen molar-refractivity contribution < 1.29 is 26.3 Å². The zero-order valence-electron chi connectivity index (χ0n) is 18.6. The number of sulfonamides is 1. The Morgan fingerprint density at radius 2 is 1.88 bits per heavy atom. The van der Waals surface area contributed by atoms with E-state index in [1.165, 1.54) is 24.8 Å². The summed E-state index contributed by atoms with van der Waals surface area (Å²) in [6, 6.07) is 10.4. The number of anilines is 1. The van der Waals surface area contributed by atoms with Crippen LogP contribution in [0.3, 0.4) is 0 Å². The third-order valence-corrected chi connectivity index (χ3v) is 7.02. The number of halogens is 3. The van der Waals surface area contributed by atoms with Gasteiger partial charge in [0, 0.05) is 13.1 Å². The molecule has 2 aromatic carbocycles. The lowest BCUT2D eigenvalue weighted by atomic mass is 10.1. The van der Waals surface area contributed by atoms with Crippen LogP contribution < -0.4 is 15.4 Å². The Morgan fingerprint density at radius 3 is 2.65 bits per heavy atom. The summed E-state index contributed by atoms with van der Waals surface area (Å²) < 4.78 is 73.0. The summed E-state index contributed by atoms with van der Waals surface area (Å²) in [6.45, 7) is 3.84. The molecule has 11 heteroatoms. The van der Waals surface area contributed by atoms with Crippen molar-refractivity contribution in [1.82, 2.24) is 10.2 Å². The standard InChI is InChI=1S/C23H27F3N4O3S/c24-23(25,26)18-8-9-21-20(15-18)28-22(29-34(21,31)32)27-10-5-13-33-19-7-4-6-17(14-19)16-30-11-2-1-3-12-30/h4,6-9,14-15H,1-3,5,10-13,16H2,(H2,27,28,29). The van der Waals surface area contributed by atoms with Gasteiger partial charge >= 0.3 is 6.18 Å². The average Bonchev–Trinajstić information content (AvgIpc) is 2.78. The van der Waals surface area contributed by atoms with E-state index in [0.29, 0.717) is 19.6 Å². The van der Waals surface area contributed by atoms with Gasteiger partial charge in [0.15, 0.2) is 0 Å². The molecule has 184 valence electrons. The molecule has 0 saturated carbocycles. The second kappa shape index (κ2) is 10.2. The molecular formula is C23H27F3N4O3S. The summed E-state index contributed by atoms with van der Waals surface area (Å²) in [5.41, 5.74) is 0.0978. The number of alkyl halides is 3. The molecule has 0 spiro atoms. The molecule has 2 heterocycles. The Morgan fingerprint density at radius 1 is 1.09 bits per heavy atom. The highest BCUT2D eigenvalue weighted by Crippen LogP contribution is 2.35. The van der Waals surface area contributed by atoms with Crippen LogP contribution in [0.1, 0.15) is 36.8 Å². The third-order valence-electron chi connectivity index (χ3n) is 5.68. The molecule has 2 aliphatic rings. The molecule has 2 aromatic rings. The maximum Gasteiger partial charge on any atom is 0.416 e. The Balaban J connectivity index is 1.27. The minimum Gasteiger partial charge on any atom is -0.494 e. The van der Waals surface area contributed by atoms with Crippen molar-refractivity contribution >= 4 is 21.7 Å². The van der Waals surface area contributed by atoms with Gasteiger partial charge in [-0.05, 0) is 68.2 Å². The second-order valence-electron chi connectivity index (χ2n) is 8.36. The number of hydrogen-bond donors (Lipinski definition) is 2. The van der Waals surface area contributed by atoms with E-state index >= 15 is 0 Å². The number of ether oxygens (including phenoxy) is 1. The first kappa shape index (κ1) is 24.3. The van der Waals surface area contributed by atoms with E-state index in [0.717, 1.165) is 43.6 Å². The van der Waals surface area contributed by atoms with E-state index in [-0.39, 0.29) is 16.5 Å². The Bertz CT molecular complexity index is 1150. The van der Waals surface area contributed by atoms with Crippen LogP contribution in [-0.4, -0.2) is 45.5 Å². The normalized spacial score (nSPS) is 17.9. The Hall–Kier alpha value is -2.79. The lowest BCUT2D eigenvalue weighted by Gasteiger charge is -2.26. The molecule has 7 nitrogen and oxygen atoms in total. The van der Waals surface area contributed by atoms with Crippen molar-refractivity contribution in [3.8, 4) is 5.75 Å². The molecule has 0 atom stereocenters. The number of nitrogens with one attached hydrogen (secondary N) is 2. The monoisotopic (exact) mass is 496 g/mol. The molecule has 4 rings (SSSR count). The number of guanidine groups is 1. The highest BCUT2D eigenvalue weighted by atomic mass is 32.2. The van der Waals surface area contributed by atoms with Gasteiger partial charge in [-0.3, -0.25) is 4.90 Å². The van der Waals surface area contributed by atoms with E-state index < -0.39 is 21.8 Å². The number of nitrogens with zero attached hydrogens (tertiary/aromatic N) is 2. The van der Waals surface area contributed by atoms with Crippen molar-refractivity contribution in [1.29, 1.82) is 0 Å². The molecule has 0 aromatic heterocycles. The largest absolute Gasteiger partial charge is 0.494 e. The van der Waals surface area contributed by atoms with E-state index in [9.17, 15) is 21.6 Å². The van der Waals surface area contributed by atoms with Gasteiger partial charge in [0.05, 0.1) is 17.9 Å². The quantitative estimate of drug-likeness (QED) is 0.559. The predicted octanol–water partition coefficient (Wildman–Crippen LogP) is 4.22. The lowest BCUT2D eigenvalue weighted by molar-refractivity contribution is -0.137. The van der Waals surface area contributed by atoms with Crippen molar-refractivity contribution in [2.24, 2.45) is 4.40 Å². The smallest absolute Gasteiger partial charge is 0.416 e. The van der Waals surface area contributed by atoms with E-state index in [2.05, 4.69) is 26.0 Å². The van der Waals surface area contributed by atoms with Gasteiger partial charge in [0.25, 0.3) is 10.0 Å². The highest BCUT2D eigenvalue weighted by molar-refractivity contribution is 7.90. The first-order valence-corrected chi connectivity index (χ1v) is 12.7. The van der Waals surface area contributed by atoms with E-state index in [4.69, 9.17) is 4.74 Å². The van der Waals surface area contributed by atoms with Gasteiger partial charge in [-0.25, -0.2) is 0 Å². The molecule has 2 N–H and O–H groups in total. The number of benzene rings is 2. The SMILES string of the molecule is O=S1(=O)N=C(NCCCOc2cccc(CN3CCCCC3)c2)Nc2cc(C(F)(F)F)ccc21. The fraction of sp³-hybridized carbons (Fsp3) is 0.435. The van der Waals surface area contributed by atoms with Crippen LogP contribution in [0.2, 0.25) is 0 Å². The lowest BCUT2D eigenvalue weighted by Crippen LogP contribution is -2.35. The number of fused-ring (bicyclic) bond motifs is 1. The third kappa shape index (κ3) is 6.20. The minimum absolute atomic E-state index is 0.115. The molecule has 34 heavy (non-hydrogen) atoms. The molecule has 0 aliphatic carbocycles. The molecule has 0 bridgehead atoms. The summed E-state index contributed by atoms with van der Waals surface area (Å²) in [6.07, 6.45) is -0.278. The molecular weight excluding hydrogens is 469 g/mol. The average molecular weight is 497 g/mol. The van der Waals surface area contributed by atoms with Gasteiger partial charge in [0.2, 0.25) is 5.96 Å². The number of rotatable bonds is 7. The van der Waals surface area contributed by atoms with E-state index in [1.807, 2.05) is 18.2 Å². The van der Waals surface area contributed by atoms with E-state index in [1.54, 1.807) is 0 Å². The minimum atomic E-state index is -4.58.